The first-order valence-electron chi connectivity index (χ1n) is 13.6. The Labute approximate surface area is 254 Å². The van der Waals surface area contributed by atoms with Crippen molar-refractivity contribution in [2.24, 2.45) is 5.10 Å². The summed E-state index contributed by atoms with van der Waals surface area (Å²) < 4.78 is 5.50. The van der Waals surface area contributed by atoms with Crippen molar-refractivity contribution in [2.75, 3.05) is 20.3 Å². The van der Waals surface area contributed by atoms with Crippen LogP contribution in [0.5, 0.6) is 0 Å². The Morgan fingerprint density at radius 2 is 1.32 bits per heavy atom. The summed E-state index contributed by atoms with van der Waals surface area (Å²) in [5, 5.41) is 10.2. The van der Waals surface area contributed by atoms with Gasteiger partial charge in [0.05, 0.1) is 18.4 Å². The van der Waals surface area contributed by atoms with Crippen LogP contribution in [0.4, 0.5) is 0 Å². The molecule has 3 fully saturated rings. The van der Waals surface area contributed by atoms with Gasteiger partial charge in [0.1, 0.15) is 0 Å². The van der Waals surface area contributed by atoms with E-state index in [9.17, 15) is 0 Å². The Kier molecular flexibility index (Phi) is 12.8. The smallest absolute Gasteiger partial charge is 0.382 e. The van der Waals surface area contributed by atoms with Crippen molar-refractivity contribution in [2.45, 2.75) is 18.9 Å². The third kappa shape index (κ3) is 8.07. The van der Waals surface area contributed by atoms with Gasteiger partial charge in [0.2, 0.25) is 0 Å². The quantitative estimate of drug-likeness (QED) is 0.174. The molecule has 2 aliphatic carbocycles. The van der Waals surface area contributed by atoms with Gasteiger partial charge in [0, 0.05) is 25.2 Å². The topological polar surface area (TPSA) is 24.8 Å². The van der Waals surface area contributed by atoms with Crippen LogP contribution in [-0.2, 0) is 21.8 Å². The Morgan fingerprint density at radius 3 is 1.88 bits per heavy atom. The molecule has 1 atom stereocenters. The second-order valence-electron chi connectivity index (χ2n) is 9.52. The van der Waals surface area contributed by atoms with E-state index in [-0.39, 0.29) is 17.1 Å². The fourth-order valence-corrected chi connectivity index (χ4v) is 7.46. The third-order valence-electron chi connectivity index (χ3n) is 6.85. The number of nitrogens with zero attached hydrogens (tertiary/aromatic N) is 2. The van der Waals surface area contributed by atoms with Crippen LogP contribution in [0, 0.1) is 62.9 Å². The Morgan fingerprint density at radius 1 is 0.775 bits per heavy atom. The normalized spacial score (nSPS) is 19.9. The van der Waals surface area contributed by atoms with Gasteiger partial charge in [-0.1, -0.05) is 91.0 Å². The first-order valence-corrected chi connectivity index (χ1v) is 14.9. The number of benzene rings is 3. The molecule has 40 heavy (non-hydrogen) atoms. The summed E-state index contributed by atoms with van der Waals surface area (Å²) in [6.45, 7) is 1.67. The molecule has 5 heteroatoms. The largest absolute Gasteiger partial charge is 2.00 e. The SMILES string of the molecule is COC[C@@H]1CCCN1/N=C(/[C]1[CH][CH][CH][C]1P(c1ccccc1)c1ccccc1)c1ccccc1.[CH]1[CH][CH][CH][CH]1.[Fe+2]. The van der Waals surface area contributed by atoms with Crippen LogP contribution in [0.1, 0.15) is 18.4 Å². The van der Waals surface area contributed by atoms with Gasteiger partial charge in [0.15, 0.2) is 0 Å². The minimum Gasteiger partial charge on any atom is -0.382 e. The van der Waals surface area contributed by atoms with E-state index < -0.39 is 7.92 Å². The van der Waals surface area contributed by atoms with E-state index in [0.29, 0.717) is 12.6 Å². The maximum Gasteiger partial charge on any atom is 2.00 e. The summed E-state index contributed by atoms with van der Waals surface area (Å²) >= 11 is 0. The van der Waals surface area contributed by atoms with Crippen molar-refractivity contribution in [3.8, 4) is 0 Å². The van der Waals surface area contributed by atoms with E-state index in [4.69, 9.17) is 9.84 Å². The first kappa shape index (κ1) is 31.0. The molecule has 2 saturated carbocycles. The monoisotopic (exact) mass is 586 g/mol. The van der Waals surface area contributed by atoms with Crippen LogP contribution >= 0.6 is 7.92 Å². The van der Waals surface area contributed by atoms with Crippen LogP contribution in [0.25, 0.3) is 0 Å². The van der Waals surface area contributed by atoms with Crippen LogP contribution in [0.15, 0.2) is 96.1 Å². The molecule has 3 aromatic rings. The van der Waals surface area contributed by atoms with Gasteiger partial charge in [-0.2, -0.15) is 5.10 Å². The molecule has 1 heterocycles. The molecule has 10 radical (unpaired) electrons. The molecule has 6 rings (SSSR count). The molecule has 3 nitrogen and oxygen atoms in total. The summed E-state index contributed by atoms with van der Waals surface area (Å²) in [4.78, 5) is 0. The zero-order valence-electron chi connectivity index (χ0n) is 22.8. The van der Waals surface area contributed by atoms with Gasteiger partial charge < -0.3 is 4.74 Å². The number of hydrogen-bond acceptors (Lipinski definition) is 3. The number of hydrogen-bond donors (Lipinski definition) is 0. The maximum atomic E-state index is 5.50. The predicted molar refractivity (Wildman–Crippen MR) is 165 cm³/mol. The van der Waals surface area contributed by atoms with Gasteiger partial charge >= 0.3 is 17.1 Å². The number of hydrazone groups is 1. The van der Waals surface area contributed by atoms with Crippen molar-refractivity contribution in [3.63, 3.8) is 0 Å². The first-order chi connectivity index (χ1) is 19.3. The molecule has 3 aliphatic rings. The molecule has 0 spiro atoms. The second kappa shape index (κ2) is 16.5. The van der Waals surface area contributed by atoms with Gasteiger partial charge in [-0.15, -0.1) is 0 Å². The molecular formula is C35H35FeN2OP+2. The summed E-state index contributed by atoms with van der Waals surface area (Å²) in [7, 11) is 1.07. The van der Waals surface area contributed by atoms with Gasteiger partial charge in [-0.25, -0.2) is 0 Å². The van der Waals surface area contributed by atoms with Crippen molar-refractivity contribution in [1.29, 1.82) is 0 Å². The zero-order valence-corrected chi connectivity index (χ0v) is 24.8. The van der Waals surface area contributed by atoms with Crippen molar-refractivity contribution in [3.05, 3.63) is 160 Å². The van der Waals surface area contributed by atoms with Crippen LogP contribution in [0.3, 0.4) is 0 Å². The van der Waals surface area contributed by atoms with E-state index in [0.717, 1.165) is 30.7 Å². The van der Waals surface area contributed by atoms with Crippen molar-refractivity contribution >= 4 is 24.2 Å². The number of rotatable bonds is 8. The number of methoxy groups -OCH3 is 1. The second-order valence-corrected chi connectivity index (χ2v) is 11.7. The predicted octanol–water partition coefficient (Wildman–Crippen LogP) is 6.39. The van der Waals surface area contributed by atoms with E-state index in [1.54, 1.807) is 7.11 Å². The average Bonchev–Trinajstić information content (AvgIpc) is 3.79. The fraction of sp³-hybridized carbons (Fsp3) is 0.171. The minimum atomic E-state index is -0.712. The molecule has 0 N–H and O–H groups in total. The summed E-state index contributed by atoms with van der Waals surface area (Å²) in [5.41, 5.74) is 3.54. The van der Waals surface area contributed by atoms with Gasteiger partial charge in [-0.05, 0) is 88.3 Å². The Bertz CT molecular complexity index is 1090. The molecule has 0 bridgehead atoms. The molecule has 1 aliphatic heterocycles. The summed E-state index contributed by atoms with van der Waals surface area (Å²) in [5.74, 6) is 1.22. The molecule has 202 valence electrons. The van der Waals surface area contributed by atoms with Crippen LogP contribution in [0.2, 0.25) is 0 Å². The molecule has 1 saturated heterocycles. The minimum absolute atomic E-state index is 0. The Balaban J connectivity index is 0.000000557. The summed E-state index contributed by atoms with van der Waals surface area (Å²) in [6.07, 6.45) is 19.0. The van der Waals surface area contributed by atoms with E-state index in [2.05, 4.69) is 115 Å². The Hall–Kier alpha value is -1.96. The standard InChI is InChI=1S/C30H30N2OP.C5H5.Fe/c1-33-23-25-15-12-22-32(25)31-30(24-13-5-2-6-14-24)28-20-11-21-29(28)34(26-16-7-3-8-17-26)27-18-9-4-10-19-27;1-2-4-5-3-1;/h2-11,13-14,16-21,25H,12,15,22-23H2,1H3;1-5H;/q;;+2/b31-30+;;/t25-;;/m0../s1. The maximum absolute atomic E-state index is 5.50. The van der Waals surface area contributed by atoms with Gasteiger partial charge in [-0.3, -0.25) is 5.01 Å². The molecule has 0 aromatic heterocycles. The zero-order chi connectivity index (χ0) is 26.7. The van der Waals surface area contributed by atoms with E-state index in [1.807, 2.05) is 32.1 Å². The van der Waals surface area contributed by atoms with Crippen molar-refractivity contribution < 1.29 is 21.8 Å². The van der Waals surface area contributed by atoms with E-state index >= 15 is 0 Å². The number of ether oxygens (including phenoxy) is 1. The third-order valence-corrected chi connectivity index (χ3v) is 9.35. The molecule has 0 unspecified atom stereocenters. The van der Waals surface area contributed by atoms with Gasteiger partial charge in [0.25, 0.3) is 0 Å². The van der Waals surface area contributed by atoms with Crippen LogP contribution in [-0.4, -0.2) is 37.0 Å². The van der Waals surface area contributed by atoms with Crippen molar-refractivity contribution in [1.82, 2.24) is 5.01 Å². The molecule has 3 aromatic carbocycles. The van der Waals surface area contributed by atoms with E-state index in [1.165, 1.54) is 22.2 Å². The summed E-state index contributed by atoms with van der Waals surface area (Å²) in [6, 6.07) is 32.7. The molecule has 0 amide bonds. The van der Waals surface area contributed by atoms with Crippen LogP contribution < -0.4 is 10.6 Å². The molecular weight excluding hydrogens is 551 g/mol. The fourth-order valence-electron chi connectivity index (χ4n) is 5.01. The average molecular weight is 586 g/mol.